The van der Waals surface area contributed by atoms with Crippen LogP contribution in [0.2, 0.25) is 0 Å². The van der Waals surface area contributed by atoms with Gasteiger partial charge in [-0.15, -0.1) is 0 Å². The largest absolute Gasteiger partial charge is 0.493 e. The molecule has 0 radical (unpaired) electrons. The van der Waals surface area contributed by atoms with Crippen molar-refractivity contribution in [2.75, 3.05) is 27.4 Å². The van der Waals surface area contributed by atoms with Crippen molar-refractivity contribution in [3.05, 3.63) is 23.8 Å². The molecular weight excluding hydrogens is 246 g/mol. The van der Waals surface area contributed by atoms with E-state index in [0.29, 0.717) is 18.0 Å². The molecule has 0 aromatic heterocycles. The van der Waals surface area contributed by atoms with E-state index in [-0.39, 0.29) is 12.6 Å². The van der Waals surface area contributed by atoms with Crippen molar-refractivity contribution in [1.29, 1.82) is 0 Å². The first-order valence-electron chi connectivity index (χ1n) is 6.40. The molecule has 0 aliphatic rings. The summed E-state index contributed by atoms with van der Waals surface area (Å²) in [5.41, 5.74) is 1.06. The number of aliphatic hydroxyl groups excluding tert-OH is 2. The van der Waals surface area contributed by atoms with E-state index >= 15 is 0 Å². The average Bonchev–Trinajstić information content (AvgIpc) is 2.47. The molecule has 2 atom stereocenters. The number of benzene rings is 1. The predicted octanol–water partition coefficient (Wildman–Crippen LogP) is 1.10. The summed E-state index contributed by atoms with van der Waals surface area (Å²) >= 11 is 0. The van der Waals surface area contributed by atoms with Gasteiger partial charge < -0.3 is 25.0 Å². The lowest BCUT2D eigenvalue weighted by atomic mass is 10.0. The molecule has 0 saturated carbocycles. The van der Waals surface area contributed by atoms with Gasteiger partial charge in [0.1, 0.15) is 0 Å². The molecule has 0 fully saturated rings. The lowest BCUT2D eigenvalue weighted by Crippen LogP contribution is -2.32. The van der Waals surface area contributed by atoms with Crippen molar-refractivity contribution >= 4 is 0 Å². The Labute approximate surface area is 114 Å². The van der Waals surface area contributed by atoms with Crippen molar-refractivity contribution in [2.45, 2.75) is 25.5 Å². The third kappa shape index (κ3) is 4.38. The SMILES string of the molecule is CCC(NCC(O)CO)c1ccc(OC)c(OC)c1. The number of ether oxygens (including phenoxy) is 2. The highest BCUT2D eigenvalue weighted by Crippen LogP contribution is 2.30. The Bertz CT molecular complexity index is 384. The van der Waals surface area contributed by atoms with Crippen molar-refractivity contribution in [2.24, 2.45) is 0 Å². The van der Waals surface area contributed by atoms with Crippen molar-refractivity contribution in [3.8, 4) is 11.5 Å². The standard InChI is InChI=1S/C14H23NO4/c1-4-12(15-8-11(17)9-16)10-5-6-13(18-2)14(7-10)19-3/h5-7,11-12,15-17H,4,8-9H2,1-3H3. The van der Waals surface area contributed by atoms with Gasteiger partial charge in [0.15, 0.2) is 11.5 Å². The van der Waals surface area contributed by atoms with Crippen LogP contribution in [-0.4, -0.2) is 43.7 Å². The molecule has 1 aromatic rings. The first-order chi connectivity index (χ1) is 9.15. The summed E-state index contributed by atoms with van der Waals surface area (Å²) in [6, 6.07) is 5.85. The summed E-state index contributed by atoms with van der Waals surface area (Å²) < 4.78 is 10.5. The Morgan fingerprint density at radius 1 is 1.21 bits per heavy atom. The Morgan fingerprint density at radius 2 is 1.89 bits per heavy atom. The zero-order chi connectivity index (χ0) is 14.3. The number of aliphatic hydroxyl groups is 2. The number of hydrogen-bond acceptors (Lipinski definition) is 5. The van der Waals surface area contributed by atoms with E-state index in [2.05, 4.69) is 12.2 Å². The maximum atomic E-state index is 9.37. The van der Waals surface area contributed by atoms with Gasteiger partial charge >= 0.3 is 0 Å². The van der Waals surface area contributed by atoms with Crippen LogP contribution < -0.4 is 14.8 Å². The molecule has 0 saturated heterocycles. The summed E-state index contributed by atoms with van der Waals surface area (Å²) in [6.07, 6.45) is 0.127. The molecular formula is C14H23NO4. The Balaban J connectivity index is 2.80. The van der Waals surface area contributed by atoms with Crippen LogP contribution in [-0.2, 0) is 0 Å². The molecule has 108 valence electrons. The molecule has 3 N–H and O–H groups in total. The third-order valence-corrected chi connectivity index (χ3v) is 3.03. The van der Waals surface area contributed by atoms with E-state index in [1.165, 1.54) is 0 Å². The smallest absolute Gasteiger partial charge is 0.161 e. The monoisotopic (exact) mass is 269 g/mol. The van der Waals surface area contributed by atoms with Crippen molar-refractivity contribution < 1.29 is 19.7 Å². The summed E-state index contributed by atoms with van der Waals surface area (Å²) in [5.74, 6) is 1.37. The molecule has 0 heterocycles. The normalized spacial score (nSPS) is 13.9. The van der Waals surface area contributed by atoms with Crippen LogP contribution in [0.3, 0.4) is 0 Å². The molecule has 0 amide bonds. The summed E-state index contributed by atoms with van der Waals surface area (Å²) in [4.78, 5) is 0. The molecule has 1 rings (SSSR count). The number of nitrogens with one attached hydrogen (secondary N) is 1. The topological polar surface area (TPSA) is 71.0 Å². The van der Waals surface area contributed by atoms with Gasteiger partial charge in [-0.25, -0.2) is 0 Å². The van der Waals surface area contributed by atoms with Gasteiger partial charge in [0.25, 0.3) is 0 Å². The number of hydrogen-bond donors (Lipinski definition) is 3. The van der Waals surface area contributed by atoms with E-state index in [9.17, 15) is 5.11 Å². The second kappa shape index (κ2) is 7.99. The van der Waals surface area contributed by atoms with Crippen LogP contribution in [0.4, 0.5) is 0 Å². The second-order valence-corrected chi connectivity index (χ2v) is 4.32. The van der Waals surface area contributed by atoms with E-state index in [4.69, 9.17) is 14.6 Å². The van der Waals surface area contributed by atoms with Crippen LogP contribution >= 0.6 is 0 Å². The molecule has 19 heavy (non-hydrogen) atoms. The van der Waals surface area contributed by atoms with Crippen LogP contribution in [0, 0.1) is 0 Å². The fourth-order valence-corrected chi connectivity index (χ4v) is 1.91. The predicted molar refractivity (Wildman–Crippen MR) is 73.7 cm³/mol. The van der Waals surface area contributed by atoms with Gasteiger partial charge in [-0.1, -0.05) is 13.0 Å². The van der Waals surface area contributed by atoms with Crippen LogP contribution in [0.5, 0.6) is 11.5 Å². The molecule has 5 heteroatoms. The van der Waals surface area contributed by atoms with Crippen LogP contribution in [0.1, 0.15) is 24.9 Å². The minimum absolute atomic E-state index is 0.0982. The summed E-state index contributed by atoms with van der Waals surface area (Å²) in [5, 5.41) is 21.4. The Hall–Kier alpha value is -1.30. The molecule has 1 aromatic carbocycles. The van der Waals surface area contributed by atoms with Gasteiger partial charge in [-0.05, 0) is 24.1 Å². The Morgan fingerprint density at radius 3 is 2.42 bits per heavy atom. The summed E-state index contributed by atoms with van der Waals surface area (Å²) in [7, 11) is 3.20. The maximum Gasteiger partial charge on any atom is 0.161 e. The fourth-order valence-electron chi connectivity index (χ4n) is 1.91. The van der Waals surface area contributed by atoms with E-state index in [0.717, 1.165) is 12.0 Å². The minimum atomic E-state index is -0.741. The van der Waals surface area contributed by atoms with Crippen LogP contribution in [0.25, 0.3) is 0 Å². The Kier molecular flexibility index (Phi) is 6.62. The zero-order valence-corrected chi connectivity index (χ0v) is 11.7. The van der Waals surface area contributed by atoms with Gasteiger partial charge in [-0.3, -0.25) is 0 Å². The van der Waals surface area contributed by atoms with Crippen LogP contribution in [0.15, 0.2) is 18.2 Å². The highest BCUT2D eigenvalue weighted by molar-refractivity contribution is 5.43. The first kappa shape index (κ1) is 15.8. The third-order valence-electron chi connectivity index (χ3n) is 3.03. The van der Waals surface area contributed by atoms with Gasteiger partial charge in [0.2, 0.25) is 0 Å². The van der Waals surface area contributed by atoms with Crippen molar-refractivity contribution in [1.82, 2.24) is 5.32 Å². The molecule has 0 aliphatic carbocycles. The van der Waals surface area contributed by atoms with E-state index in [1.807, 2.05) is 18.2 Å². The van der Waals surface area contributed by atoms with E-state index in [1.54, 1.807) is 14.2 Å². The van der Waals surface area contributed by atoms with Crippen molar-refractivity contribution in [3.63, 3.8) is 0 Å². The lowest BCUT2D eigenvalue weighted by Gasteiger charge is -2.20. The molecule has 0 bridgehead atoms. The fraction of sp³-hybridized carbons (Fsp3) is 0.571. The molecule has 0 spiro atoms. The quantitative estimate of drug-likeness (QED) is 0.659. The lowest BCUT2D eigenvalue weighted by molar-refractivity contribution is 0.0917. The highest BCUT2D eigenvalue weighted by atomic mass is 16.5. The zero-order valence-electron chi connectivity index (χ0n) is 11.7. The number of methoxy groups -OCH3 is 2. The first-order valence-corrected chi connectivity index (χ1v) is 6.40. The van der Waals surface area contributed by atoms with Gasteiger partial charge in [0, 0.05) is 12.6 Å². The number of rotatable bonds is 8. The summed E-state index contributed by atoms with van der Waals surface area (Å²) in [6.45, 7) is 2.17. The average molecular weight is 269 g/mol. The highest BCUT2D eigenvalue weighted by Gasteiger charge is 2.13. The maximum absolute atomic E-state index is 9.37. The minimum Gasteiger partial charge on any atom is -0.493 e. The molecule has 2 unspecified atom stereocenters. The molecule has 0 aliphatic heterocycles. The van der Waals surface area contributed by atoms with E-state index < -0.39 is 6.10 Å². The van der Waals surface area contributed by atoms with Gasteiger partial charge in [0.05, 0.1) is 26.9 Å². The second-order valence-electron chi connectivity index (χ2n) is 4.32. The molecule has 5 nitrogen and oxygen atoms in total. The van der Waals surface area contributed by atoms with Gasteiger partial charge in [-0.2, -0.15) is 0 Å².